The Morgan fingerprint density at radius 2 is 1.86 bits per heavy atom. The molecule has 1 N–H and O–H groups in total. The van der Waals surface area contributed by atoms with Gasteiger partial charge in [-0.1, -0.05) is 18.2 Å². The van der Waals surface area contributed by atoms with Crippen molar-refractivity contribution < 1.29 is 9.53 Å². The van der Waals surface area contributed by atoms with Crippen molar-refractivity contribution in [2.75, 3.05) is 18.5 Å². The highest BCUT2D eigenvalue weighted by Gasteiger charge is 2.32. The molecule has 5 heteroatoms. The van der Waals surface area contributed by atoms with Crippen molar-refractivity contribution in [1.82, 2.24) is 9.47 Å². The van der Waals surface area contributed by atoms with Gasteiger partial charge in [-0.15, -0.1) is 0 Å². The van der Waals surface area contributed by atoms with E-state index in [1.54, 1.807) is 0 Å². The summed E-state index contributed by atoms with van der Waals surface area (Å²) in [6.07, 6.45) is 2.08. The molecule has 5 nitrogen and oxygen atoms in total. The van der Waals surface area contributed by atoms with Crippen LogP contribution in [0.5, 0.6) is 5.75 Å². The molecule has 2 aromatic carbocycles. The molecule has 0 aliphatic carbocycles. The number of hydrogen-bond donors (Lipinski definition) is 1. The van der Waals surface area contributed by atoms with Crippen LogP contribution in [-0.2, 0) is 6.54 Å². The molecule has 29 heavy (non-hydrogen) atoms. The fraction of sp³-hybridized carbons (Fsp3) is 0.292. The first-order valence-corrected chi connectivity index (χ1v) is 10.1. The molecule has 2 heterocycles. The smallest absolute Gasteiger partial charge is 0.322 e. The first-order valence-electron chi connectivity index (χ1n) is 10.1. The fourth-order valence-electron chi connectivity index (χ4n) is 3.88. The number of hydrogen-bond acceptors (Lipinski definition) is 2. The van der Waals surface area contributed by atoms with E-state index < -0.39 is 0 Å². The summed E-state index contributed by atoms with van der Waals surface area (Å²) in [6.45, 7) is 8.17. The Morgan fingerprint density at radius 1 is 1.07 bits per heavy atom. The van der Waals surface area contributed by atoms with Gasteiger partial charge in [-0.05, 0) is 73.9 Å². The standard InChI is InChI=1S/C24H27N3O2/c1-4-29-21-11-8-19(9-12-21)23-22-6-5-13-26(22)14-15-27(23)24(28)25-20-10-7-17(2)18(3)16-20/h5-13,16,23H,4,14-15H2,1-3H3,(H,25,28)/t23-/m1/s1. The summed E-state index contributed by atoms with van der Waals surface area (Å²) in [5.41, 5.74) is 5.40. The lowest BCUT2D eigenvalue weighted by Crippen LogP contribution is -2.44. The topological polar surface area (TPSA) is 46.5 Å². The lowest BCUT2D eigenvalue weighted by atomic mass is 10.00. The number of nitrogens with one attached hydrogen (secondary N) is 1. The van der Waals surface area contributed by atoms with Crippen LogP contribution in [0.4, 0.5) is 10.5 Å². The fourth-order valence-corrected chi connectivity index (χ4v) is 3.88. The number of amides is 2. The Morgan fingerprint density at radius 3 is 2.59 bits per heavy atom. The lowest BCUT2D eigenvalue weighted by molar-refractivity contribution is 0.182. The predicted molar refractivity (Wildman–Crippen MR) is 116 cm³/mol. The Balaban J connectivity index is 1.63. The highest BCUT2D eigenvalue weighted by Crippen LogP contribution is 2.33. The predicted octanol–water partition coefficient (Wildman–Crippen LogP) is 5.14. The van der Waals surface area contributed by atoms with Crippen molar-refractivity contribution in [1.29, 1.82) is 0 Å². The number of aryl methyl sites for hydroxylation is 2. The van der Waals surface area contributed by atoms with Gasteiger partial charge in [-0.2, -0.15) is 0 Å². The van der Waals surface area contributed by atoms with Gasteiger partial charge in [-0.3, -0.25) is 0 Å². The monoisotopic (exact) mass is 389 g/mol. The van der Waals surface area contributed by atoms with E-state index in [2.05, 4.69) is 48.1 Å². The van der Waals surface area contributed by atoms with Crippen LogP contribution in [-0.4, -0.2) is 28.6 Å². The van der Waals surface area contributed by atoms with Crippen LogP contribution in [0.2, 0.25) is 0 Å². The lowest BCUT2D eigenvalue weighted by Gasteiger charge is -2.37. The molecule has 0 unspecified atom stereocenters. The molecule has 1 aliphatic rings. The van der Waals surface area contributed by atoms with Crippen LogP contribution in [0.15, 0.2) is 60.8 Å². The number of urea groups is 1. The van der Waals surface area contributed by atoms with Gasteiger partial charge in [-0.25, -0.2) is 4.79 Å². The number of aromatic nitrogens is 1. The Bertz CT molecular complexity index is 1010. The van der Waals surface area contributed by atoms with E-state index in [1.165, 1.54) is 11.1 Å². The molecule has 0 radical (unpaired) electrons. The maximum absolute atomic E-state index is 13.2. The highest BCUT2D eigenvalue weighted by molar-refractivity contribution is 5.90. The Hall–Kier alpha value is -3.21. The zero-order chi connectivity index (χ0) is 20.4. The number of rotatable bonds is 4. The van der Waals surface area contributed by atoms with E-state index in [9.17, 15) is 4.79 Å². The average molecular weight is 389 g/mol. The number of benzene rings is 2. The highest BCUT2D eigenvalue weighted by atomic mass is 16.5. The number of anilines is 1. The minimum Gasteiger partial charge on any atom is -0.494 e. The summed E-state index contributed by atoms with van der Waals surface area (Å²) >= 11 is 0. The third-order valence-electron chi connectivity index (χ3n) is 5.56. The van der Waals surface area contributed by atoms with Crippen LogP contribution in [0.1, 0.15) is 35.3 Å². The van der Waals surface area contributed by atoms with Crippen molar-refractivity contribution >= 4 is 11.7 Å². The molecule has 1 aliphatic heterocycles. The van der Waals surface area contributed by atoms with Gasteiger partial charge < -0.3 is 19.5 Å². The largest absolute Gasteiger partial charge is 0.494 e. The van der Waals surface area contributed by atoms with Gasteiger partial charge in [0.2, 0.25) is 0 Å². The van der Waals surface area contributed by atoms with Gasteiger partial charge >= 0.3 is 6.03 Å². The molecule has 2 amide bonds. The molecule has 1 aromatic heterocycles. The molecule has 4 rings (SSSR count). The van der Waals surface area contributed by atoms with E-state index in [-0.39, 0.29) is 12.1 Å². The van der Waals surface area contributed by atoms with E-state index in [0.717, 1.165) is 29.2 Å². The van der Waals surface area contributed by atoms with Crippen molar-refractivity contribution in [2.45, 2.75) is 33.4 Å². The second-order valence-electron chi connectivity index (χ2n) is 7.45. The molecule has 3 aromatic rings. The van der Waals surface area contributed by atoms with E-state index >= 15 is 0 Å². The quantitative estimate of drug-likeness (QED) is 0.671. The van der Waals surface area contributed by atoms with Crippen molar-refractivity contribution in [3.05, 3.63) is 83.2 Å². The minimum atomic E-state index is -0.138. The molecule has 0 saturated heterocycles. The summed E-state index contributed by atoms with van der Waals surface area (Å²) in [4.78, 5) is 15.1. The molecule has 0 fully saturated rings. The SMILES string of the molecule is CCOc1ccc([C@@H]2c3cccn3CCN2C(=O)Nc2ccc(C)c(C)c2)cc1. The molecule has 0 saturated carbocycles. The van der Waals surface area contributed by atoms with Gasteiger partial charge in [0.05, 0.1) is 12.6 Å². The molecular weight excluding hydrogens is 362 g/mol. The molecule has 0 spiro atoms. The van der Waals surface area contributed by atoms with Crippen molar-refractivity contribution in [3.63, 3.8) is 0 Å². The summed E-state index contributed by atoms with van der Waals surface area (Å²) < 4.78 is 7.80. The number of fused-ring (bicyclic) bond motifs is 1. The summed E-state index contributed by atoms with van der Waals surface area (Å²) in [6, 6.07) is 18.0. The number of carbonyl (C=O) groups excluding carboxylic acids is 1. The summed E-state index contributed by atoms with van der Waals surface area (Å²) in [7, 11) is 0. The van der Waals surface area contributed by atoms with Crippen molar-refractivity contribution in [2.24, 2.45) is 0 Å². The maximum Gasteiger partial charge on any atom is 0.322 e. The third kappa shape index (κ3) is 3.86. The van der Waals surface area contributed by atoms with Gasteiger partial charge in [0.1, 0.15) is 5.75 Å². The van der Waals surface area contributed by atoms with Gasteiger partial charge in [0.25, 0.3) is 0 Å². The summed E-state index contributed by atoms with van der Waals surface area (Å²) in [5, 5.41) is 3.09. The normalized spacial score (nSPS) is 15.7. The number of ether oxygens (including phenoxy) is 1. The van der Waals surface area contributed by atoms with Crippen LogP contribution in [0.25, 0.3) is 0 Å². The Labute approximate surface area is 171 Å². The van der Waals surface area contributed by atoms with Crippen LogP contribution < -0.4 is 10.1 Å². The van der Waals surface area contributed by atoms with E-state index in [1.807, 2.05) is 48.2 Å². The van der Waals surface area contributed by atoms with Gasteiger partial charge in [0.15, 0.2) is 0 Å². The van der Waals surface area contributed by atoms with Crippen LogP contribution in [0, 0.1) is 13.8 Å². The molecule has 1 atom stereocenters. The zero-order valence-electron chi connectivity index (χ0n) is 17.2. The van der Waals surface area contributed by atoms with Crippen LogP contribution in [0.3, 0.4) is 0 Å². The third-order valence-corrected chi connectivity index (χ3v) is 5.56. The zero-order valence-corrected chi connectivity index (χ0v) is 17.2. The Kier molecular flexibility index (Phi) is 5.30. The molecule has 150 valence electrons. The maximum atomic E-state index is 13.2. The molecular formula is C24H27N3O2. The summed E-state index contributed by atoms with van der Waals surface area (Å²) in [5.74, 6) is 0.841. The second-order valence-corrected chi connectivity index (χ2v) is 7.45. The number of nitrogens with zero attached hydrogens (tertiary/aromatic N) is 2. The first-order chi connectivity index (χ1) is 14.1. The minimum absolute atomic E-state index is 0.0837. The number of carbonyl (C=O) groups is 1. The molecule has 0 bridgehead atoms. The first kappa shape index (κ1) is 19.1. The van der Waals surface area contributed by atoms with E-state index in [4.69, 9.17) is 4.74 Å². The van der Waals surface area contributed by atoms with Crippen LogP contribution >= 0.6 is 0 Å². The average Bonchev–Trinajstić information content (AvgIpc) is 3.20. The second kappa shape index (κ2) is 8.03. The van der Waals surface area contributed by atoms with E-state index in [0.29, 0.717) is 13.2 Å². The van der Waals surface area contributed by atoms with Gasteiger partial charge in [0, 0.05) is 30.7 Å². The van der Waals surface area contributed by atoms with Crippen molar-refractivity contribution in [3.8, 4) is 5.75 Å².